The van der Waals surface area contributed by atoms with Crippen LogP contribution in [0.15, 0.2) is 56.3 Å². The summed E-state index contributed by atoms with van der Waals surface area (Å²) in [7, 11) is -3.87. The van der Waals surface area contributed by atoms with Gasteiger partial charge in [0.2, 0.25) is 0 Å². The number of carbonyl (C=O) groups is 1. The maximum Gasteiger partial charge on any atom is 0.335 e. The van der Waals surface area contributed by atoms with Crippen molar-refractivity contribution in [1.82, 2.24) is 0 Å². The van der Waals surface area contributed by atoms with Crippen LogP contribution in [0.25, 0.3) is 0 Å². The van der Waals surface area contributed by atoms with E-state index < -0.39 is 16.0 Å². The molecule has 2 aromatic carbocycles. The highest BCUT2D eigenvalue weighted by Gasteiger charge is 2.17. The molecule has 0 atom stereocenters. The number of aromatic carboxylic acids is 1. The van der Waals surface area contributed by atoms with Crippen LogP contribution in [0.4, 0.5) is 5.69 Å². The van der Waals surface area contributed by atoms with Gasteiger partial charge in [0.15, 0.2) is 0 Å². The summed E-state index contributed by atoms with van der Waals surface area (Å²) in [4.78, 5) is 10.8. The number of anilines is 1. The lowest BCUT2D eigenvalue weighted by molar-refractivity contribution is 0.0696. The molecule has 0 bridgehead atoms. The monoisotopic (exact) mass is 433 g/mol. The zero-order chi connectivity index (χ0) is 15.6. The van der Waals surface area contributed by atoms with E-state index in [-0.39, 0.29) is 10.5 Å². The van der Waals surface area contributed by atoms with Crippen LogP contribution >= 0.6 is 31.9 Å². The van der Waals surface area contributed by atoms with Gasteiger partial charge in [-0.15, -0.1) is 0 Å². The van der Waals surface area contributed by atoms with Gasteiger partial charge in [-0.1, -0.05) is 22.0 Å². The van der Waals surface area contributed by atoms with E-state index >= 15 is 0 Å². The molecule has 2 N–H and O–H groups in total. The van der Waals surface area contributed by atoms with E-state index in [1.807, 2.05) is 0 Å². The summed E-state index contributed by atoms with van der Waals surface area (Å²) in [6.45, 7) is 0. The molecule has 0 unspecified atom stereocenters. The minimum atomic E-state index is -3.87. The molecule has 0 aliphatic heterocycles. The Balaban J connectivity index is 2.41. The predicted octanol–water partition coefficient (Wildman–Crippen LogP) is 3.71. The first kappa shape index (κ1) is 16.0. The number of hydrogen-bond donors (Lipinski definition) is 2. The molecule has 0 saturated heterocycles. The van der Waals surface area contributed by atoms with Crippen molar-refractivity contribution in [2.75, 3.05) is 4.72 Å². The third-order valence-electron chi connectivity index (χ3n) is 2.56. The van der Waals surface area contributed by atoms with Gasteiger partial charge in [0, 0.05) is 8.95 Å². The van der Waals surface area contributed by atoms with Crippen LogP contribution < -0.4 is 4.72 Å². The minimum absolute atomic E-state index is 0.0915. The second-order valence-corrected chi connectivity index (χ2v) is 7.52. The largest absolute Gasteiger partial charge is 0.478 e. The van der Waals surface area contributed by atoms with Crippen molar-refractivity contribution < 1.29 is 18.3 Å². The number of carboxylic acid groups (broad SMARTS) is 1. The maximum atomic E-state index is 12.3. The summed E-state index contributed by atoms with van der Waals surface area (Å²) in [5, 5.41) is 8.92. The quantitative estimate of drug-likeness (QED) is 0.768. The molecule has 0 fully saturated rings. The Bertz CT molecular complexity index is 806. The molecule has 0 amide bonds. The Kier molecular flexibility index (Phi) is 4.70. The molecule has 0 aliphatic carbocycles. The lowest BCUT2D eigenvalue weighted by Crippen LogP contribution is -2.14. The van der Waals surface area contributed by atoms with E-state index in [1.54, 1.807) is 18.2 Å². The molecular weight excluding hydrogens is 426 g/mol. The second kappa shape index (κ2) is 6.17. The number of sulfonamides is 1. The van der Waals surface area contributed by atoms with E-state index in [2.05, 4.69) is 36.6 Å². The molecule has 0 aromatic heterocycles. The third-order valence-corrected chi connectivity index (χ3v) is 5.11. The summed E-state index contributed by atoms with van der Waals surface area (Å²) < 4.78 is 28.3. The molecule has 5 nitrogen and oxygen atoms in total. The Labute approximate surface area is 138 Å². The van der Waals surface area contributed by atoms with Crippen LogP contribution in [-0.4, -0.2) is 19.5 Å². The Morgan fingerprint density at radius 2 is 1.81 bits per heavy atom. The number of halogens is 2. The first-order chi connectivity index (χ1) is 9.79. The highest BCUT2D eigenvalue weighted by atomic mass is 79.9. The zero-order valence-corrected chi connectivity index (χ0v) is 14.4. The lowest BCUT2D eigenvalue weighted by Gasteiger charge is -2.10. The van der Waals surface area contributed by atoms with Crippen molar-refractivity contribution in [1.29, 1.82) is 0 Å². The van der Waals surface area contributed by atoms with Crippen LogP contribution in [-0.2, 0) is 10.0 Å². The highest BCUT2D eigenvalue weighted by molar-refractivity contribution is 9.11. The zero-order valence-electron chi connectivity index (χ0n) is 10.4. The number of benzene rings is 2. The molecule has 0 spiro atoms. The van der Waals surface area contributed by atoms with E-state index in [0.29, 0.717) is 14.6 Å². The number of carboxylic acids is 1. The molecule has 21 heavy (non-hydrogen) atoms. The van der Waals surface area contributed by atoms with Gasteiger partial charge < -0.3 is 5.11 Å². The molecule has 0 saturated carbocycles. The molecule has 8 heteroatoms. The fourth-order valence-electron chi connectivity index (χ4n) is 1.58. The molecule has 2 rings (SSSR count). The highest BCUT2D eigenvalue weighted by Crippen LogP contribution is 2.28. The van der Waals surface area contributed by atoms with Crippen LogP contribution in [0, 0.1) is 0 Å². The molecule has 0 radical (unpaired) electrons. The summed E-state index contributed by atoms with van der Waals surface area (Å²) in [5.41, 5.74) is 0.260. The van der Waals surface area contributed by atoms with Gasteiger partial charge >= 0.3 is 5.97 Å². The number of rotatable bonds is 4. The van der Waals surface area contributed by atoms with E-state index in [9.17, 15) is 13.2 Å². The van der Waals surface area contributed by atoms with Gasteiger partial charge in [0.25, 0.3) is 10.0 Å². The topological polar surface area (TPSA) is 83.5 Å². The van der Waals surface area contributed by atoms with Crippen molar-refractivity contribution in [3.63, 3.8) is 0 Å². The van der Waals surface area contributed by atoms with Crippen molar-refractivity contribution >= 4 is 53.5 Å². The van der Waals surface area contributed by atoms with Crippen LogP contribution in [0.5, 0.6) is 0 Å². The maximum absolute atomic E-state index is 12.3. The van der Waals surface area contributed by atoms with Gasteiger partial charge in [-0.2, -0.15) is 0 Å². The number of hydrogen-bond acceptors (Lipinski definition) is 3. The smallest absolute Gasteiger partial charge is 0.335 e. The Morgan fingerprint density at radius 1 is 1.10 bits per heavy atom. The predicted molar refractivity (Wildman–Crippen MR) is 86.1 cm³/mol. The first-order valence-electron chi connectivity index (χ1n) is 5.61. The lowest BCUT2D eigenvalue weighted by atomic mass is 10.2. The van der Waals surface area contributed by atoms with Gasteiger partial charge in [-0.05, 0) is 52.3 Å². The average Bonchev–Trinajstić information content (AvgIpc) is 2.43. The van der Waals surface area contributed by atoms with Crippen molar-refractivity contribution in [3.05, 3.63) is 57.0 Å². The van der Waals surface area contributed by atoms with Gasteiger partial charge in [0.05, 0.1) is 16.1 Å². The van der Waals surface area contributed by atoms with Crippen molar-refractivity contribution in [3.8, 4) is 0 Å². The summed E-state index contributed by atoms with van der Waals surface area (Å²) >= 11 is 6.51. The summed E-state index contributed by atoms with van der Waals surface area (Å²) in [6.07, 6.45) is 0. The van der Waals surface area contributed by atoms with E-state index in [1.165, 1.54) is 18.2 Å². The van der Waals surface area contributed by atoms with Gasteiger partial charge in [-0.25, -0.2) is 13.2 Å². The third kappa shape index (κ3) is 3.84. The Hall–Kier alpha value is -1.38. The minimum Gasteiger partial charge on any atom is -0.478 e. The SMILES string of the molecule is O=C(O)c1cccc(S(=O)(=O)Nc2cc(Br)ccc2Br)c1. The standard InChI is InChI=1S/C13H9Br2NO4S/c14-9-4-5-11(15)12(7-9)16-21(19,20)10-3-1-2-8(6-10)13(17)18/h1-7,16H,(H,17,18). The van der Waals surface area contributed by atoms with E-state index in [0.717, 1.165) is 6.07 Å². The Morgan fingerprint density at radius 3 is 2.48 bits per heavy atom. The fraction of sp³-hybridized carbons (Fsp3) is 0. The molecule has 2 aromatic rings. The molecule has 110 valence electrons. The normalized spacial score (nSPS) is 11.1. The van der Waals surface area contributed by atoms with Crippen LogP contribution in [0.3, 0.4) is 0 Å². The molecule has 0 heterocycles. The van der Waals surface area contributed by atoms with Crippen molar-refractivity contribution in [2.45, 2.75) is 4.90 Å². The fourth-order valence-corrected chi connectivity index (χ4v) is 3.53. The average molecular weight is 435 g/mol. The first-order valence-corrected chi connectivity index (χ1v) is 8.68. The second-order valence-electron chi connectivity index (χ2n) is 4.06. The van der Waals surface area contributed by atoms with Crippen LogP contribution in [0.2, 0.25) is 0 Å². The van der Waals surface area contributed by atoms with Crippen LogP contribution in [0.1, 0.15) is 10.4 Å². The number of nitrogens with one attached hydrogen (secondary N) is 1. The molecule has 0 aliphatic rings. The van der Waals surface area contributed by atoms with E-state index in [4.69, 9.17) is 5.11 Å². The summed E-state index contributed by atoms with van der Waals surface area (Å²) in [6, 6.07) is 10.2. The molecular formula is C13H9Br2NO4S. The van der Waals surface area contributed by atoms with Gasteiger partial charge in [0.1, 0.15) is 0 Å². The van der Waals surface area contributed by atoms with Gasteiger partial charge in [-0.3, -0.25) is 4.72 Å². The summed E-state index contributed by atoms with van der Waals surface area (Å²) in [5.74, 6) is -1.18. The van der Waals surface area contributed by atoms with Crippen molar-refractivity contribution in [2.24, 2.45) is 0 Å².